The third kappa shape index (κ3) is 5.80. The van der Waals surface area contributed by atoms with Crippen molar-refractivity contribution in [3.05, 3.63) is 47.7 Å². The minimum Gasteiger partial charge on any atom is -0.394 e. The zero-order valence-electron chi connectivity index (χ0n) is 13.3. The normalized spacial score (nSPS) is 12.0. The summed E-state index contributed by atoms with van der Waals surface area (Å²) in [5.41, 5.74) is 1.15. The van der Waals surface area contributed by atoms with E-state index in [0.717, 1.165) is 9.64 Å². The van der Waals surface area contributed by atoms with E-state index in [4.69, 9.17) is 21.5 Å². The van der Waals surface area contributed by atoms with Crippen LogP contribution in [0.2, 0.25) is 5.02 Å². The van der Waals surface area contributed by atoms with Crippen LogP contribution >= 0.6 is 56.8 Å². The van der Waals surface area contributed by atoms with Crippen molar-refractivity contribution in [1.82, 2.24) is 10.5 Å². The first-order chi connectivity index (χ1) is 12.7. The number of halogens is 5. The van der Waals surface area contributed by atoms with Gasteiger partial charge in [0.1, 0.15) is 18.5 Å². The van der Waals surface area contributed by atoms with E-state index in [1.54, 1.807) is 6.07 Å². The van der Waals surface area contributed by atoms with Gasteiger partial charge in [0.15, 0.2) is 11.6 Å². The van der Waals surface area contributed by atoms with Gasteiger partial charge in [-0.1, -0.05) is 11.6 Å². The predicted molar refractivity (Wildman–Crippen MR) is 111 cm³/mol. The molecular weight excluding hydrogens is 613 g/mol. The SMILES string of the molecule is O=C(NOC[C@H](O)CO)c1cc(Cl)c(F)c(F)c1Nc1ncc(I)cc1I. The molecule has 0 saturated carbocycles. The van der Waals surface area contributed by atoms with Gasteiger partial charge in [-0.2, -0.15) is 0 Å². The molecule has 4 N–H and O–H groups in total. The Morgan fingerprint density at radius 3 is 2.67 bits per heavy atom. The monoisotopic (exact) mass is 625 g/mol. The fourth-order valence-corrected chi connectivity index (χ4v) is 3.68. The Morgan fingerprint density at radius 1 is 1.33 bits per heavy atom. The maximum absolute atomic E-state index is 14.4. The molecule has 0 aliphatic heterocycles. The van der Waals surface area contributed by atoms with Gasteiger partial charge in [-0.3, -0.25) is 9.63 Å². The first kappa shape index (κ1) is 22.4. The van der Waals surface area contributed by atoms with E-state index in [1.807, 2.05) is 50.7 Å². The molecule has 2 rings (SSSR count). The number of nitrogens with one attached hydrogen (secondary N) is 2. The standard InChI is InChI=1S/C15H12ClF2I2N3O4/c16-9-2-8(15(26)23-27-5-7(25)4-24)13(12(18)11(9)17)22-14-10(20)1-6(19)3-21-14/h1-3,7,24-25H,4-5H2,(H,21,22)(H,23,26)/t7-/m1/s1. The highest BCUT2D eigenvalue weighted by Gasteiger charge is 2.23. The molecule has 0 unspecified atom stereocenters. The Balaban J connectivity index is 2.34. The summed E-state index contributed by atoms with van der Waals surface area (Å²) in [5.74, 6) is -3.42. The molecule has 12 heteroatoms. The summed E-state index contributed by atoms with van der Waals surface area (Å²) in [6, 6.07) is 2.68. The van der Waals surface area contributed by atoms with Crippen molar-refractivity contribution in [3.8, 4) is 0 Å². The molecule has 0 saturated heterocycles. The molecule has 1 heterocycles. The maximum atomic E-state index is 14.4. The van der Waals surface area contributed by atoms with E-state index < -0.39 is 47.6 Å². The molecule has 1 amide bonds. The van der Waals surface area contributed by atoms with Gasteiger partial charge in [-0.05, 0) is 57.3 Å². The lowest BCUT2D eigenvalue weighted by Gasteiger charge is -2.15. The first-order valence-corrected chi connectivity index (χ1v) is 9.74. The van der Waals surface area contributed by atoms with E-state index in [1.165, 1.54) is 6.20 Å². The quantitative estimate of drug-likeness (QED) is 0.215. The van der Waals surface area contributed by atoms with Gasteiger partial charge >= 0.3 is 0 Å². The van der Waals surface area contributed by atoms with Crippen LogP contribution in [0.3, 0.4) is 0 Å². The number of rotatable bonds is 7. The molecule has 2 aromatic rings. The van der Waals surface area contributed by atoms with Crippen molar-refractivity contribution in [2.24, 2.45) is 0 Å². The number of benzene rings is 1. The minimum absolute atomic E-state index is 0.210. The lowest BCUT2D eigenvalue weighted by atomic mass is 10.1. The highest BCUT2D eigenvalue weighted by Crippen LogP contribution is 2.32. The van der Waals surface area contributed by atoms with Crippen LogP contribution in [0.25, 0.3) is 0 Å². The average Bonchev–Trinajstić information content (AvgIpc) is 2.63. The molecule has 1 aromatic carbocycles. The summed E-state index contributed by atoms with van der Waals surface area (Å²) in [4.78, 5) is 21.1. The Bertz CT molecular complexity index is 860. The Hall–Kier alpha value is -0.870. The van der Waals surface area contributed by atoms with Gasteiger partial charge in [-0.15, -0.1) is 0 Å². The first-order valence-electron chi connectivity index (χ1n) is 7.21. The number of pyridine rings is 1. The maximum Gasteiger partial charge on any atom is 0.277 e. The average molecular weight is 626 g/mol. The number of hydroxylamine groups is 1. The van der Waals surface area contributed by atoms with Gasteiger partial charge in [-0.25, -0.2) is 19.2 Å². The van der Waals surface area contributed by atoms with Crippen LogP contribution in [0.15, 0.2) is 18.3 Å². The van der Waals surface area contributed by atoms with Crippen molar-refractivity contribution in [2.45, 2.75) is 6.10 Å². The second kappa shape index (κ2) is 10.1. The second-order valence-corrected chi connectivity index (χ2v) is 7.91. The van der Waals surface area contributed by atoms with Crippen LogP contribution in [0.5, 0.6) is 0 Å². The molecule has 1 atom stereocenters. The van der Waals surface area contributed by atoms with Gasteiger partial charge in [0.25, 0.3) is 5.91 Å². The number of carbonyl (C=O) groups is 1. The van der Waals surface area contributed by atoms with E-state index in [0.29, 0.717) is 3.57 Å². The predicted octanol–water partition coefficient (Wildman–Crippen LogP) is 2.98. The molecular formula is C15H12ClF2I2N3O4. The van der Waals surface area contributed by atoms with Gasteiger partial charge < -0.3 is 15.5 Å². The molecule has 1 aromatic heterocycles. The molecule has 146 valence electrons. The Labute approximate surface area is 184 Å². The zero-order valence-corrected chi connectivity index (χ0v) is 18.3. The highest BCUT2D eigenvalue weighted by atomic mass is 127. The van der Waals surface area contributed by atoms with Crippen LogP contribution in [0.1, 0.15) is 10.4 Å². The lowest BCUT2D eigenvalue weighted by Crippen LogP contribution is -2.30. The number of hydrogen-bond acceptors (Lipinski definition) is 6. The number of aromatic nitrogens is 1. The number of aliphatic hydroxyl groups is 2. The highest BCUT2D eigenvalue weighted by molar-refractivity contribution is 14.1. The summed E-state index contributed by atoms with van der Waals surface area (Å²) in [6.45, 7) is -0.977. The van der Waals surface area contributed by atoms with Crippen LogP contribution in [0, 0.1) is 18.8 Å². The Morgan fingerprint density at radius 2 is 2.04 bits per heavy atom. The lowest BCUT2D eigenvalue weighted by molar-refractivity contribution is -0.0295. The summed E-state index contributed by atoms with van der Waals surface area (Å²) in [7, 11) is 0. The summed E-state index contributed by atoms with van der Waals surface area (Å²) >= 11 is 9.64. The number of nitrogens with zero attached hydrogens (tertiary/aromatic N) is 1. The molecule has 0 aliphatic carbocycles. The number of amides is 1. The number of aliphatic hydroxyl groups excluding tert-OH is 2. The largest absolute Gasteiger partial charge is 0.394 e. The van der Waals surface area contributed by atoms with Crippen LogP contribution in [0.4, 0.5) is 20.3 Å². The van der Waals surface area contributed by atoms with Gasteiger partial charge in [0, 0.05) is 9.77 Å². The van der Waals surface area contributed by atoms with E-state index in [9.17, 15) is 18.7 Å². The van der Waals surface area contributed by atoms with Gasteiger partial charge in [0.2, 0.25) is 0 Å². The van der Waals surface area contributed by atoms with Crippen LogP contribution < -0.4 is 10.8 Å². The second-order valence-electron chi connectivity index (χ2n) is 5.10. The molecule has 27 heavy (non-hydrogen) atoms. The molecule has 0 bridgehead atoms. The smallest absolute Gasteiger partial charge is 0.277 e. The molecule has 7 nitrogen and oxygen atoms in total. The van der Waals surface area contributed by atoms with E-state index >= 15 is 0 Å². The minimum atomic E-state index is -1.36. The fraction of sp³-hybridized carbons (Fsp3) is 0.200. The van der Waals surface area contributed by atoms with Crippen molar-refractivity contribution in [2.75, 3.05) is 18.5 Å². The summed E-state index contributed by atoms with van der Waals surface area (Å²) in [5, 5.41) is 19.9. The molecule has 0 aliphatic rings. The fourth-order valence-electron chi connectivity index (χ4n) is 1.83. The molecule has 0 fully saturated rings. The molecule has 0 spiro atoms. The number of anilines is 2. The van der Waals surface area contributed by atoms with Crippen molar-refractivity contribution < 1.29 is 28.6 Å². The summed E-state index contributed by atoms with van der Waals surface area (Å²) < 4.78 is 29.8. The van der Waals surface area contributed by atoms with E-state index in [-0.39, 0.29) is 11.4 Å². The zero-order chi connectivity index (χ0) is 20.1. The van der Waals surface area contributed by atoms with Crippen LogP contribution in [-0.4, -0.2) is 40.4 Å². The van der Waals surface area contributed by atoms with Crippen molar-refractivity contribution in [3.63, 3.8) is 0 Å². The van der Waals surface area contributed by atoms with Gasteiger partial charge in [0.05, 0.1) is 26.5 Å². The topological polar surface area (TPSA) is 104 Å². The number of carbonyl (C=O) groups excluding carboxylic acids is 1. The number of hydrogen-bond donors (Lipinski definition) is 4. The third-order valence-electron chi connectivity index (χ3n) is 3.11. The van der Waals surface area contributed by atoms with Crippen molar-refractivity contribution >= 4 is 74.2 Å². The summed E-state index contributed by atoms with van der Waals surface area (Å²) in [6.07, 6.45) is 0.294. The van der Waals surface area contributed by atoms with E-state index in [2.05, 4.69) is 10.3 Å². The Kier molecular flexibility index (Phi) is 8.36. The van der Waals surface area contributed by atoms with Crippen LogP contribution in [-0.2, 0) is 4.84 Å². The third-order valence-corrected chi connectivity index (χ3v) is 4.80. The molecule has 0 radical (unpaired) electrons. The van der Waals surface area contributed by atoms with Crippen molar-refractivity contribution in [1.29, 1.82) is 0 Å².